The van der Waals surface area contributed by atoms with Gasteiger partial charge in [0.2, 0.25) is 0 Å². The highest BCUT2D eigenvalue weighted by molar-refractivity contribution is 9.09. The van der Waals surface area contributed by atoms with E-state index in [4.69, 9.17) is 4.74 Å². The van der Waals surface area contributed by atoms with Gasteiger partial charge in [0.25, 0.3) is 0 Å². The molecule has 0 aliphatic carbocycles. The van der Waals surface area contributed by atoms with Gasteiger partial charge in [0.1, 0.15) is 5.52 Å². The quantitative estimate of drug-likeness (QED) is 0.516. The molecule has 1 atom stereocenters. The summed E-state index contributed by atoms with van der Waals surface area (Å²) in [5, 5.41) is 0. The molecule has 0 bridgehead atoms. The second-order valence-corrected chi connectivity index (χ2v) is 6.65. The van der Waals surface area contributed by atoms with Gasteiger partial charge in [-0.2, -0.15) is 0 Å². The monoisotopic (exact) mass is 224 g/mol. The predicted octanol–water partition coefficient (Wildman–Crippen LogP) is 2.62. The molecule has 62 valence electrons. The molecule has 0 aliphatic heterocycles. The highest BCUT2D eigenvalue weighted by Crippen LogP contribution is 2.08. The number of hydrogen-bond donors (Lipinski definition) is 0. The van der Waals surface area contributed by atoms with E-state index in [9.17, 15) is 0 Å². The van der Waals surface area contributed by atoms with Crippen molar-refractivity contribution in [1.29, 1.82) is 0 Å². The minimum atomic E-state index is -0.423. The molecule has 0 spiro atoms. The molecule has 0 aromatic rings. The first-order valence-electron chi connectivity index (χ1n) is 3.88. The van der Waals surface area contributed by atoms with Crippen LogP contribution in [0.2, 0.25) is 19.1 Å². The van der Waals surface area contributed by atoms with Crippen LogP contribution in [-0.2, 0) is 4.74 Å². The first-order chi connectivity index (χ1) is 4.70. The smallest absolute Gasteiger partial charge is 0.102 e. The second kappa shape index (κ2) is 6.37. The summed E-state index contributed by atoms with van der Waals surface area (Å²) in [6.07, 6.45) is 1.66. The summed E-state index contributed by atoms with van der Waals surface area (Å²) in [5.41, 5.74) is 0.687. The fourth-order valence-electron chi connectivity index (χ4n) is 0.967. The Kier molecular flexibility index (Phi) is 6.79. The topological polar surface area (TPSA) is 9.23 Å². The zero-order valence-electron chi connectivity index (χ0n) is 7.06. The van der Waals surface area contributed by atoms with Crippen molar-refractivity contribution in [3.63, 3.8) is 0 Å². The maximum absolute atomic E-state index is 5.45. The lowest BCUT2D eigenvalue weighted by Crippen LogP contribution is -2.17. The van der Waals surface area contributed by atoms with Crippen LogP contribution in [0.1, 0.15) is 13.3 Å². The van der Waals surface area contributed by atoms with E-state index in [1.807, 2.05) is 0 Å². The van der Waals surface area contributed by atoms with E-state index in [1.165, 1.54) is 6.04 Å². The van der Waals surface area contributed by atoms with Crippen LogP contribution in [0.5, 0.6) is 0 Å². The summed E-state index contributed by atoms with van der Waals surface area (Å²) in [7, 11) is -0.423. The van der Waals surface area contributed by atoms with Crippen molar-refractivity contribution in [2.75, 3.05) is 5.52 Å². The lowest BCUT2D eigenvalue weighted by atomic mass is 10.3. The van der Waals surface area contributed by atoms with Gasteiger partial charge >= 0.3 is 0 Å². The molecule has 0 saturated heterocycles. The van der Waals surface area contributed by atoms with Crippen LogP contribution in [0.25, 0.3) is 0 Å². The lowest BCUT2D eigenvalue weighted by molar-refractivity contribution is 0.104. The molecule has 1 unspecified atom stereocenters. The Morgan fingerprint density at radius 2 is 2.10 bits per heavy atom. The Labute approximate surface area is 73.9 Å². The normalized spacial score (nSPS) is 14.1. The summed E-state index contributed by atoms with van der Waals surface area (Å²) in [4.78, 5) is 0. The van der Waals surface area contributed by atoms with E-state index >= 15 is 0 Å². The minimum absolute atomic E-state index is 0.423. The van der Waals surface area contributed by atoms with Crippen molar-refractivity contribution in [3.05, 3.63) is 0 Å². The number of halogens is 1. The number of hydrogen-bond acceptors (Lipinski definition) is 1. The van der Waals surface area contributed by atoms with Crippen LogP contribution < -0.4 is 0 Å². The lowest BCUT2D eigenvalue weighted by Gasteiger charge is -2.15. The molecule has 3 heteroatoms. The van der Waals surface area contributed by atoms with Gasteiger partial charge in [0.15, 0.2) is 0 Å². The first-order valence-corrected chi connectivity index (χ1v) is 8.13. The molecule has 0 saturated carbocycles. The molecule has 0 fully saturated rings. The summed E-state index contributed by atoms with van der Waals surface area (Å²) < 4.78 is 5.45. The Bertz CT molecular complexity index is 78.0. The average molecular weight is 225 g/mol. The van der Waals surface area contributed by atoms with Gasteiger partial charge in [-0.1, -0.05) is 35.9 Å². The van der Waals surface area contributed by atoms with Gasteiger partial charge in [0, 0.05) is 8.80 Å². The summed E-state index contributed by atoms with van der Waals surface area (Å²) in [6, 6.07) is 1.31. The van der Waals surface area contributed by atoms with Gasteiger partial charge in [-0.15, -0.1) is 0 Å². The molecule has 0 aromatic carbocycles. The van der Waals surface area contributed by atoms with E-state index < -0.39 is 8.80 Å². The zero-order valence-corrected chi connectivity index (χ0v) is 9.80. The fraction of sp³-hybridized carbons (Fsp3) is 1.00. The van der Waals surface area contributed by atoms with E-state index in [0.29, 0.717) is 11.6 Å². The van der Waals surface area contributed by atoms with Gasteiger partial charge < -0.3 is 4.74 Å². The van der Waals surface area contributed by atoms with Crippen molar-refractivity contribution in [1.82, 2.24) is 0 Å². The molecule has 0 aromatic heterocycles. The first kappa shape index (κ1) is 10.7. The molecule has 0 radical (unpaired) electrons. The van der Waals surface area contributed by atoms with Crippen molar-refractivity contribution in [2.24, 2.45) is 0 Å². The van der Waals surface area contributed by atoms with Crippen molar-refractivity contribution in [2.45, 2.75) is 38.6 Å². The maximum atomic E-state index is 5.45. The van der Waals surface area contributed by atoms with Crippen LogP contribution >= 0.6 is 15.9 Å². The molecule has 10 heavy (non-hydrogen) atoms. The van der Waals surface area contributed by atoms with Crippen molar-refractivity contribution < 1.29 is 4.74 Å². The van der Waals surface area contributed by atoms with E-state index in [1.54, 1.807) is 0 Å². The largest absolute Gasteiger partial charge is 0.367 e. The van der Waals surface area contributed by atoms with Crippen LogP contribution in [-0.4, -0.2) is 20.4 Å². The van der Waals surface area contributed by atoms with Gasteiger partial charge in [-0.25, -0.2) is 0 Å². The minimum Gasteiger partial charge on any atom is -0.367 e. The van der Waals surface area contributed by atoms with Crippen LogP contribution in [0.15, 0.2) is 0 Å². The molecular weight excluding hydrogens is 208 g/mol. The van der Waals surface area contributed by atoms with Gasteiger partial charge in [0.05, 0.1) is 6.10 Å². The number of ether oxygens (including phenoxy) is 1. The van der Waals surface area contributed by atoms with Crippen LogP contribution in [0, 0.1) is 0 Å². The molecule has 0 N–H and O–H groups in total. The third-order valence-corrected chi connectivity index (χ3v) is 3.22. The predicted molar refractivity (Wildman–Crippen MR) is 52.6 cm³/mol. The Balaban J connectivity index is 3.39. The summed E-state index contributed by atoms with van der Waals surface area (Å²) in [6.45, 7) is 6.91. The van der Waals surface area contributed by atoms with Crippen molar-refractivity contribution in [3.8, 4) is 0 Å². The van der Waals surface area contributed by atoms with E-state index in [0.717, 1.165) is 6.42 Å². The Morgan fingerprint density at radius 3 is 2.40 bits per heavy atom. The van der Waals surface area contributed by atoms with Gasteiger partial charge in [-0.3, -0.25) is 0 Å². The molecule has 1 nitrogen and oxygen atoms in total. The fourth-order valence-corrected chi connectivity index (χ4v) is 2.86. The molecule has 0 heterocycles. The SMILES string of the molecule is CCC(C[SiH](C)C)OCBr. The molecule has 0 amide bonds. The molecule has 0 aliphatic rings. The summed E-state index contributed by atoms with van der Waals surface area (Å²) >= 11 is 3.27. The van der Waals surface area contributed by atoms with Gasteiger partial charge in [-0.05, 0) is 12.5 Å². The third kappa shape index (κ3) is 5.44. The molecule has 0 rings (SSSR count). The van der Waals surface area contributed by atoms with Crippen molar-refractivity contribution >= 4 is 24.7 Å². The average Bonchev–Trinajstić information content (AvgIpc) is 1.86. The second-order valence-electron chi connectivity index (χ2n) is 2.94. The van der Waals surface area contributed by atoms with Crippen LogP contribution in [0.3, 0.4) is 0 Å². The van der Waals surface area contributed by atoms with E-state index in [2.05, 4.69) is 35.9 Å². The zero-order chi connectivity index (χ0) is 7.98. The standard InChI is InChI=1S/C7H17BrOSi/c1-4-7(9-6-8)5-10(2)3/h7,10H,4-6H2,1-3H3. The van der Waals surface area contributed by atoms with E-state index in [-0.39, 0.29) is 0 Å². The maximum Gasteiger partial charge on any atom is 0.102 e. The summed E-state index contributed by atoms with van der Waals surface area (Å²) in [5.74, 6) is 0. The molecular formula is C7H17BrOSi. The third-order valence-electron chi connectivity index (χ3n) is 1.49. The van der Waals surface area contributed by atoms with Crippen LogP contribution in [0.4, 0.5) is 0 Å². The number of alkyl halides is 1. The Morgan fingerprint density at radius 1 is 1.50 bits per heavy atom. The Hall–Kier alpha value is 0.657. The highest BCUT2D eigenvalue weighted by atomic mass is 79.9. The number of rotatable bonds is 5. The highest BCUT2D eigenvalue weighted by Gasteiger charge is 2.07.